The zero-order valence-corrected chi connectivity index (χ0v) is 7.74. The molecular formula is C10H21+. The van der Waals surface area contributed by atoms with E-state index in [1.807, 2.05) is 0 Å². The van der Waals surface area contributed by atoms with Gasteiger partial charge in [0.05, 0.1) is 25.7 Å². The normalized spacial score (nSPS) is 9.90. The lowest BCUT2D eigenvalue weighted by atomic mass is 9.98. The predicted molar refractivity (Wildman–Crippen MR) is 48.0 cm³/mol. The molecule has 0 aromatic heterocycles. The van der Waals surface area contributed by atoms with Crippen LogP contribution in [0.3, 0.4) is 0 Å². The Morgan fingerprint density at radius 3 is 1.60 bits per heavy atom. The minimum Gasteiger partial charge on any atom is -0.0652 e. The maximum absolute atomic E-state index is 2.30. The van der Waals surface area contributed by atoms with Gasteiger partial charge in [-0.05, 0) is 12.8 Å². The molecule has 10 heavy (non-hydrogen) atoms. The summed E-state index contributed by atoms with van der Waals surface area (Å²) >= 11 is 0. The molecule has 0 fully saturated rings. The Morgan fingerprint density at radius 1 is 0.900 bits per heavy atom. The summed E-state index contributed by atoms with van der Waals surface area (Å²) in [5.41, 5.74) is 0. The first-order valence-electron chi connectivity index (χ1n) is 4.62. The third kappa shape index (κ3) is 6.00. The van der Waals surface area contributed by atoms with Gasteiger partial charge in [0.2, 0.25) is 0 Å². The van der Waals surface area contributed by atoms with E-state index in [2.05, 4.69) is 20.8 Å². The number of unbranched alkanes of at least 4 members (excludes halogenated alkanes) is 2. The van der Waals surface area contributed by atoms with Crippen LogP contribution in [0.4, 0.5) is 0 Å². The standard InChI is InChI=1S/C10H21/c1-4-6-8-10(3)9-7-5-2/h4-9H2,1-3H3/q+1. The van der Waals surface area contributed by atoms with Crippen LogP contribution >= 0.6 is 0 Å². The van der Waals surface area contributed by atoms with Crippen LogP contribution in [-0.4, -0.2) is 0 Å². The highest BCUT2D eigenvalue weighted by Gasteiger charge is 2.09. The lowest BCUT2D eigenvalue weighted by Gasteiger charge is -1.98. The van der Waals surface area contributed by atoms with Gasteiger partial charge in [0.25, 0.3) is 0 Å². The van der Waals surface area contributed by atoms with E-state index in [1.165, 1.54) is 38.5 Å². The van der Waals surface area contributed by atoms with E-state index in [-0.39, 0.29) is 0 Å². The summed E-state index contributed by atoms with van der Waals surface area (Å²) in [7, 11) is 0. The Labute approximate surface area is 66.0 Å². The molecule has 0 aromatic carbocycles. The van der Waals surface area contributed by atoms with Crippen LogP contribution in [0.15, 0.2) is 0 Å². The first-order chi connectivity index (χ1) is 4.81. The molecule has 0 N–H and O–H groups in total. The highest BCUT2D eigenvalue weighted by molar-refractivity contribution is 4.82. The van der Waals surface area contributed by atoms with Gasteiger partial charge in [-0.1, -0.05) is 26.7 Å². The summed E-state index contributed by atoms with van der Waals surface area (Å²) in [4.78, 5) is 0. The van der Waals surface area contributed by atoms with Crippen LogP contribution in [0, 0.1) is 5.92 Å². The maximum Gasteiger partial charge on any atom is 0.0897 e. The van der Waals surface area contributed by atoms with Gasteiger partial charge in [0, 0.05) is 0 Å². The monoisotopic (exact) mass is 141 g/mol. The van der Waals surface area contributed by atoms with E-state index < -0.39 is 0 Å². The average molecular weight is 141 g/mol. The van der Waals surface area contributed by atoms with E-state index in [4.69, 9.17) is 0 Å². The van der Waals surface area contributed by atoms with Crippen molar-refractivity contribution >= 4 is 0 Å². The Bertz CT molecular complexity index is 49.1. The molecule has 0 unspecified atom stereocenters. The highest BCUT2D eigenvalue weighted by Crippen LogP contribution is 2.16. The van der Waals surface area contributed by atoms with E-state index in [0.29, 0.717) is 0 Å². The lowest BCUT2D eigenvalue weighted by molar-refractivity contribution is 0.639. The molecule has 0 heterocycles. The molecule has 0 nitrogen and oxygen atoms in total. The van der Waals surface area contributed by atoms with Gasteiger partial charge < -0.3 is 0 Å². The Morgan fingerprint density at radius 2 is 1.30 bits per heavy atom. The number of hydrogen-bond donors (Lipinski definition) is 0. The largest absolute Gasteiger partial charge is 0.0897 e. The lowest BCUT2D eigenvalue weighted by Crippen LogP contribution is -1.90. The smallest absolute Gasteiger partial charge is 0.0652 e. The van der Waals surface area contributed by atoms with Gasteiger partial charge >= 0.3 is 0 Å². The summed E-state index contributed by atoms with van der Waals surface area (Å²) in [6, 6.07) is 0. The highest BCUT2D eigenvalue weighted by atomic mass is 14.0. The van der Waals surface area contributed by atoms with E-state index >= 15 is 0 Å². The fraction of sp³-hybridized carbons (Fsp3) is 0.900. The first kappa shape index (κ1) is 9.87. The summed E-state index contributed by atoms with van der Waals surface area (Å²) in [6.45, 7) is 6.81. The molecule has 0 saturated carbocycles. The Hall–Kier alpha value is -0.130. The molecule has 0 spiro atoms. The van der Waals surface area contributed by atoms with Gasteiger partial charge in [-0.2, -0.15) is 0 Å². The molecule has 0 atom stereocenters. The van der Waals surface area contributed by atoms with E-state index in [9.17, 15) is 0 Å². The van der Waals surface area contributed by atoms with Gasteiger partial charge in [-0.15, -0.1) is 0 Å². The molecule has 60 valence electrons. The van der Waals surface area contributed by atoms with E-state index in [0.717, 1.165) is 0 Å². The van der Waals surface area contributed by atoms with Crippen molar-refractivity contribution in [2.24, 2.45) is 0 Å². The first-order valence-corrected chi connectivity index (χ1v) is 4.62. The molecule has 0 aliphatic rings. The van der Waals surface area contributed by atoms with Crippen LogP contribution < -0.4 is 0 Å². The quantitative estimate of drug-likeness (QED) is 0.491. The molecule has 0 aromatic rings. The van der Waals surface area contributed by atoms with Crippen molar-refractivity contribution in [3.63, 3.8) is 0 Å². The maximum atomic E-state index is 2.30. The summed E-state index contributed by atoms with van der Waals surface area (Å²) in [5.74, 6) is 1.70. The van der Waals surface area contributed by atoms with Gasteiger partial charge in [0.1, 0.15) is 0 Å². The number of rotatable bonds is 6. The second kappa shape index (κ2) is 6.98. The van der Waals surface area contributed by atoms with Crippen LogP contribution in [0.1, 0.15) is 59.3 Å². The Kier molecular flexibility index (Phi) is 6.89. The minimum absolute atomic E-state index is 1.34. The van der Waals surface area contributed by atoms with Crippen molar-refractivity contribution in [3.05, 3.63) is 5.92 Å². The van der Waals surface area contributed by atoms with E-state index in [1.54, 1.807) is 5.92 Å². The molecule has 0 rings (SSSR count). The predicted octanol–water partition coefficient (Wildman–Crippen LogP) is 3.96. The molecule has 0 aliphatic heterocycles. The number of hydrogen-bond acceptors (Lipinski definition) is 0. The fourth-order valence-corrected chi connectivity index (χ4v) is 1.08. The van der Waals surface area contributed by atoms with Crippen molar-refractivity contribution in [2.75, 3.05) is 0 Å². The fourth-order valence-electron chi connectivity index (χ4n) is 1.08. The second-order valence-electron chi connectivity index (χ2n) is 3.16. The summed E-state index contributed by atoms with van der Waals surface area (Å²) < 4.78 is 0. The Balaban J connectivity index is 3.00. The third-order valence-corrected chi connectivity index (χ3v) is 1.91. The molecule has 0 saturated heterocycles. The molecule has 0 bridgehead atoms. The van der Waals surface area contributed by atoms with Crippen molar-refractivity contribution in [3.8, 4) is 0 Å². The van der Waals surface area contributed by atoms with Crippen LogP contribution in [0.25, 0.3) is 0 Å². The van der Waals surface area contributed by atoms with Crippen molar-refractivity contribution in [2.45, 2.75) is 59.3 Å². The van der Waals surface area contributed by atoms with Crippen LogP contribution in [0.2, 0.25) is 0 Å². The summed E-state index contributed by atoms with van der Waals surface area (Å²) in [6.07, 6.45) is 8.16. The van der Waals surface area contributed by atoms with Gasteiger partial charge in [0.15, 0.2) is 0 Å². The van der Waals surface area contributed by atoms with Gasteiger partial charge in [-0.25, -0.2) is 0 Å². The van der Waals surface area contributed by atoms with Crippen LogP contribution in [0.5, 0.6) is 0 Å². The van der Waals surface area contributed by atoms with Crippen molar-refractivity contribution < 1.29 is 0 Å². The zero-order valence-electron chi connectivity index (χ0n) is 7.74. The summed E-state index contributed by atoms with van der Waals surface area (Å²) in [5, 5.41) is 0. The molecule has 0 heteroatoms. The zero-order chi connectivity index (χ0) is 7.82. The molecular weight excluding hydrogens is 120 g/mol. The van der Waals surface area contributed by atoms with Crippen molar-refractivity contribution in [1.29, 1.82) is 0 Å². The molecule has 0 amide bonds. The van der Waals surface area contributed by atoms with Crippen LogP contribution in [-0.2, 0) is 0 Å². The molecule has 0 aliphatic carbocycles. The molecule has 0 radical (unpaired) electrons. The average Bonchev–Trinajstić information content (AvgIpc) is 1.97. The second-order valence-corrected chi connectivity index (χ2v) is 3.16. The van der Waals surface area contributed by atoms with Crippen molar-refractivity contribution in [1.82, 2.24) is 0 Å². The SMILES string of the molecule is CCCC[C+](C)CCCC. The third-order valence-electron chi connectivity index (χ3n) is 1.91. The van der Waals surface area contributed by atoms with Gasteiger partial charge in [-0.3, -0.25) is 0 Å². The topological polar surface area (TPSA) is 0 Å². The minimum atomic E-state index is 1.34.